The van der Waals surface area contributed by atoms with Crippen LogP contribution >= 0.6 is 0 Å². The second kappa shape index (κ2) is 9.01. The molecule has 0 aliphatic carbocycles. The van der Waals surface area contributed by atoms with Crippen molar-refractivity contribution < 1.29 is 29.0 Å². The molecular formula is C14H22N2O6. The molecule has 0 bridgehead atoms. The molecule has 0 spiro atoms. The van der Waals surface area contributed by atoms with Crippen LogP contribution in [0.3, 0.4) is 0 Å². The summed E-state index contributed by atoms with van der Waals surface area (Å²) in [6.45, 7) is 2.80. The van der Waals surface area contributed by atoms with Gasteiger partial charge >= 0.3 is 11.9 Å². The largest absolute Gasteiger partial charge is 0.481 e. The van der Waals surface area contributed by atoms with E-state index in [-0.39, 0.29) is 32.4 Å². The molecular weight excluding hydrogens is 292 g/mol. The number of nitrogens with zero attached hydrogens (tertiary/aromatic N) is 1. The first-order valence-electron chi connectivity index (χ1n) is 7.40. The van der Waals surface area contributed by atoms with Crippen molar-refractivity contribution in [3.8, 4) is 0 Å². The summed E-state index contributed by atoms with van der Waals surface area (Å²) in [5, 5.41) is 11.2. The minimum Gasteiger partial charge on any atom is -0.481 e. The summed E-state index contributed by atoms with van der Waals surface area (Å²) < 4.78 is 5.01. The molecule has 22 heavy (non-hydrogen) atoms. The number of esters is 1. The summed E-state index contributed by atoms with van der Waals surface area (Å²) in [5.74, 6) is -2.47. The van der Waals surface area contributed by atoms with E-state index >= 15 is 0 Å². The summed E-state index contributed by atoms with van der Waals surface area (Å²) in [4.78, 5) is 47.4. The van der Waals surface area contributed by atoms with Gasteiger partial charge in [0.2, 0.25) is 11.8 Å². The van der Waals surface area contributed by atoms with Crippen LogP contribution < -0.4 is 5.32 Å². The number of hydrogen-bond acceptors (Lipinski definition) is 5. The lowest BCUT2D eigenvalue weighted by Crippen LogP contribution is -2.57. The van der Waals surface area contributed by atoms with E-state index in [1.165, 1.54) is 4.90 Å². The summed E-state index contributed by atoms with van der Waals surface area (Å²) in [6, 6.07) is -0.927. The fourth-order valence-corrected chi connectivity index (χ4v) is 2.12. The van der Waals surface area contributed by atoms with E-state index < -0.39 is 29.8 Å². The van der Waals surface area contributed by atoms with E-state index in [2.05, 4.69) is 5.32 Å². The van der Waals surface area contributed by atoms with Crippen LogP contribution in [0.1, 0.15) is 39.0 Å². The molecule has 1 heterocycles. The summed E-state index contributed by atoms with van der Waals surface area (Å²) >= 11 is 0. The highest BCUT2D eigenvalue weighted by Crippen LogP contribution is 2.12. The number of carbonyl (C=O) groups excluding carboxylic acids is 3. The molecule has 0 aromatic heterocycles. The van der Waals surface area contributed by atoms with Gasteiger partial charge in [-0.3, -0.25) is 19.2 Å². The molecule has 0 aromatic rings. The molecule has 124 valence electrons. The first kappa shape index (κ1) is 17.9. The normalized spacial score (nSPS) is 17.8. The van der Waals surface area contributed by atoms with Crippen molar-refractivity contribution in [2.24, 2.45) is 0 Å². The predicted octanol–water partition coefficient (Wildman–Crippen LogP) is -0.0884. The third-order valence-electron chi connectivity index (χ3n) is 3.32. The van der Waals surface area contributed by atoms with Crippen LogP contribution in [0, 0.1) is 0 Å². The van der Waals surface area contributed by atoms with E-state index in [0.29, 0.717) is 6.54 Å². The Hall–Kier alpha value is -2.12. The fraction of sp³-hybridized carbons (Fsp3) is 0.714. The summed E-state index contributed by atoms with van der Waals surface area (Å²) in [5.41, 5.74) is 0. The van der Waals surface area contributed by atoms with Crippen molar-refractivity contribution in [1.29, 1.82) is 0 Å². The van der Waals surface area contributed by atoms with Crippen LogP contribution in [0.2, 0.25) is 0 Å². The Morgan fingerprint density at radius 2 is 2.09 bits per heavy atom. The lowest BCUT2D eigenvalue weighted by Gasteiger charge is -2.34. The van der Waals surface area contributed by atoms with Gasteiger partial charge < -0.3 is 20.1 Å². The van der Waals surface area contributed by atoms with E-state index in [1.807, 2.05) is 6.92 Å². The number of hydrogen-bond donors (Lipinski definition) is 2. The molecule has 0 aromatic carbocycles. The zero-order valence-electron chi connectivity index (χ0n) is 12.7. The molecule has 2 amide bonds. The van der Waals surface area contributed by atoms with Gasteiger partial charge in [0.25, 0.3) is 0 Å². The molecule has 1 aliphatic rings. The molecule has 0 radical (unpaired) electrons. The fourth-order valence-electron chi connectivity index (χ4n) is 2.12. The van der Waals surface area contributed by atoms with Gasteiger partial charge in [-0.25, -0.2) is 0 Å². The van der Waals surface area contributed by atoms with Gasteiger partial charge in [0.05, 0.1) is 19.4 Å². The average Bonchev–Trinajstić information content (AvgIpc) is 2.47. The number of unbranched alkanes of at least 4 members (excludes halogenated alkanes) is 1. The van der Waals surface area contributed by atoms with Gasteiger partial charge in [0.15, 0.2) is 0 Å². The number of carboxylic acid groups (broad SMARTS) is 1. The van der Waals surface area contributed by atoms with E-state index in [1.54, 1.807) is 0 Å². The van der Waals surface area contributed by atoms with Gasteiger partial charge in [-0.15, -0.1) is 0 Å². The standard InChI is InChI=1S/C14H22N2O6/c1-2-3-8-22-13(20)9-10-14(21)15-6-7-16(10)11(17)4-5-12(18)19/h10H,2-9H2,1H3,(H,15,21)(H,18,19)/t10-/m0/s1. The quantitative estimate of drug-likeness (QED) is 0.478. The summed E-state index contributed by atoms with van der Waals surface area (Å²) in [6.07, 6.45) is 0.920. The predicted molar refractivity (Wildman–Crippen MR) is 75.9 cm³/mol. The highest BCUT2D eigenvalue weighted by molar-refractivity contribution is 5.92. The van der Waals surface area contributed by atoms with Crippen LogP contribution in [0.15, 0.2) is 0 Å². The number of nitrogens with one attached hydrogen (secondary N) is 1. The Morgan fingerprint density at radius 1 is 1.36 bits per heavy atom. The number of rotatable bonds is 8. The third-order valence-corrected chi connectivity index (χ3v) is 3.32. The maximum Gasteiger partial charge on any atom is 0.308 e. The van der Waals surface area contributed by atoms with Crippen LogP contribution in [-0.4, -0.2) is 59.5 Å². The van der Waals surface area contributed by atoms with Crippen LogP contribution in [0.4, 0.5) is 0 Å². The van der Waals surface area contributed by atoms with Gasteiger partial charge in [-0.05, 0) is 6.42 Å². The van der Waals surface area contributed by atoms with Crippen molar-refractivity contribution in [2.45, 2.75) is 45.1 Å². The van der Waals surface area contributed by atoms with Crippen LogP contribution in [0.25, 0.3) is 0 Å². The molecule has 1 saturated heterocycles. The highest BCUT2D eigenvalue weighted by Gasteiger charge is 2.34. The van der Waals surface area contributed by atoms with Crippen molar-refractivity contribution in [1.82, 2.24) is 10.2 Å². The molecule has 1 atom stereocenters. The molecule has 0 saturated carbocycles. The SMILES string of the molecule is CCCCOC(=O)C[C@H]1C(=O)NCCN1C(=O)CCC(=O)O. The molecule has 1 rings (SSSR count). The number of piperazine rings is 1. The van der Waals surface area contributed by atoms with E-state index in [4.69, 9.17) is 9.84 Å². The van der Waals surface area contributed by atoms with Crippen molar-refractivity contribution in [3.63, 3.8) is 0 Å². The second-order valence-electron chi connectivity index (χ2n) is 5.07. The second-order valence-corrected chi connectivity index (χ2v) is 5.07. The maximum absolute atomic E-state index is 12.0. The molecule has 8 heteroatoms. The zero-order chi connectivity index (χ0) is 16.5. The minimum absolute atomic E-state index is 0.190. The van der Waals surface area contributed by atoms with Crippen molar-refractivity contribution in [2.75, 3.05) is 19.7 Å². The Balaban J connectivity index is 2.60. The molecule has 1 aliphatic heterocycles. The first-order valence-corrected chi connectivity index (χ1v) is 7.40. The zero-order valence-corrected chi connectivity index (χ0v) is 12.7. The summed E-state index contributed by atoms with van der Waals surface area (Å²) in [7, 11) is 0. The lowest BCUT2D eigenvalue weighted by molar-refractivity contribution is -0.152. The number of carbonyl (C=O) groups is 4. The number of ether oxygens (including phenoxy) is 1. The van der Waals surface area contributed by atoms with Gasteiger partial charge in [0, 0.05) is 19.5 Å². The topological polar surface area (TPSA) is 113 Å². The molecule has 2 N–H and O–H groups in total. The number of amides is 2. The van der Waals surface area contributed by atoms with Gasteiger partial charge in [0.1, 0.15) is 6.04 Å². The Bertz CT molecular complexity index is 437. The molecule has 0 unspecified atom stereocenters. The van der Waals surface area contributed by atoms with Gasteiger partial charge in [-0.2, -0.15) is 0 Å². The molecule has 1 fully saturated rings. The van der Waals surface area contributed by atoms with Crippen molar-refractivity contribution in [3.05, 3.63) is 0 Å². The third kappa shape index (κ3) is 5.71. The smallest absolute Gasteiger partial charge is 0.308 e. The van der Waals surface area contributed by atoms with Crippen molar-refractivity contribution >= 4 is 23.8 Å². The van der Waals surface area contributed by atoms with Crippen LogP contribution in [0.5, 0.6) is 0 Å². The Labute approximate surface area is 128 Å². The Morgan fingerprint density at radius 3 is 2.73 bits per heavy atom. The van der Waals surface area contributed by atoms with Crippen LogP contribution in [-0.2, 0) is 23.9 Å². The Kier molecular flexibility index (Phi) is 7.34. The maximum atomic E-state index is 12.0. The lowest BCUT2D eigenvalue weighted by atomic mass is 10.1. The number of aliphatic carboxylic acids is 1. The van der Waals surface area contributed by atoms with E-state index in [0.717, 1.165) is 12.8 Å². The van der Waals surface area contributed by atoms with Gasteiger partial charge in [-0.1, -0.05) is 13.3 Å². The minimum atomic E-state index is -1.08. The first-order chi connectivity index (χ1) is 10.5. The average molecular weight is 314 g/mol. The highest BCUT2D eigenvalue weighted by atomic mass is 16.5. The monoisotopic (exact) mass is 314 g/mol. The van der Waals surface area contributed by atoms with E-state index in [9.17, 15) is 19.2 Å². The molecule has 8 nitrogen and oxygen atoms in total. The number of carboxylic acids is 1.